The van der Waals surface area contributed by atoms with Crippen LogP contribution in [0.15, 0.2) is 23.1 Å². The smallest absolute Gasteiger partial charge is 0.242 e. The zero-order chi connectivity index (χ0) is 13.9. The van der Waals surface area contributed by atoms with Gasteiger partial charge in [0, 0.05) is 6.42 Å². The predicted molar refractivity (Wildman–Crippen MR) is 66.5 cm³/mol. The molecule has 1 N–H and O–H groups in total. The topological polar surface area (TPSA) is 63.2 Å². The van der Waals surface area contributed by atoms with Crippen molar-refractivity contribution < 1.29 is 17.6 Å². The number of hydrogen-bond donors (Lipinski definition) is 1. The van der Waals surface area contributed by atoms with Crippen molar-refractivity contribution in [3.8, 4) is 0 Å². The molecule has 0 amide bonds. The van der Waals surface area contributed by atoms with E-state index in [9.17, 15) is 17.6 Å². The predicted octanol–water partition coefficient (Wildman–Crippen LogP) is 2.12. The molecule has 0 bridgehead atoms. The second kappa shape index (κ2) is 5.77. The SMILES string of the molecule is CCC(=O)C(C)NS(=O)(=O)c1cc(F)ccc1Cl. The highest BCUT2D eigenvalue weighted by atomic mass is 35.5. The first-order chi connectivity index (χ1) is 8.27. The number of carbonyl (C=O) groups is 1. The van der Waals surface area contributed by atoms with Gasteiger partial charge in [0.1, 0.15) is 16.5 Å². The number of ketones is 1. The molecule has 0 heterocycles. The highest BCUT2D eigenvalue weighted by Crippen LogP contribution is 2.22. The molecule has 7 heteroatoms. The van der Waals surface area contributed by atoms with Gasteiger partial charge in [0.05, 0.1) is 11.1 Å². The summed E-state index contributed by atoms with van der Waals surface area (Å²) in [4.78, 5) is 11.0. The molecule has 1 aromatic carbocycles. The monoisotopic (exact) mass is 293 g/mol. The molecule has 0 saturated heterocycles. The third-order valence-electron chi connectivity index (χ3n) is 2.35. The van der Waals surface area contributed by atoms with Crippen molar-refractivity contribution in [3.05, 3.63) is 29.0 Å². The summed E-state index contributed by atoms with van der Waals surface area (Å²) in [6.45, 7) is 3.05. The summed E-state index contributed by atoms with van der Waals surface area (Å²) in [6, 6.07) is 2.15. The summed E-state index contributed by atoms with van der Waals surface area (Å²) in [5.74, 6) is -0.972. The first-order valence-electron chi connectivity index (χ1n) is 5.28. The molecule has 1 aromatic rings. The maximum Gasteiger partial charge on any atom is 0.242 e. The van der Waals surface area contributed by atoms with Crippen LogP contribution in [0, 0.1) is 5.82 Å². The molecular weight excluding hydrogens is 281 g/mol. The molecular formula is C11H13ClFNO3S. The maximum atomic E-state index is 13.0. The second-order valence-corrected chi connectivity index (χ2v) is 5.83. The molecule has 1 atom stereocenters. The lowest BCUT2D eigenvalue weighted by Gasteiger charge is -2.13. The van der Waals surface area contributed by atoms with Gasteiger partial charge < -0.3 is 0 Å². The van der Waals surface area contributed by atoms with Crippen molar-refractivity contribution in [2.75, 3.05) is 0 Å². The van der Waals surface area contributed by atoms with E-state index < -0.39 is 21.9 Å². The van der Waals surface area contributed by atoms with Crippen molar-refractivity contribution in [2.45, 2.75) is 31.2 Å². The molecule has 4 nitrogen and oxygen atoms in total. The van der Waals surface area contributed by atoms with Crippen molar-refractivity contribution >= 4 is 27.4 Å². The van der Waals surface area contributed by atoms with Crippen LogP contribution in [0.4, 0.5) is 4.39 Å². The van der Waals surface area contributed by atoms with Crippen LogP contribution in [0.5, 0.6) is 0 Å². The molecule has 0 spiro atoms. The van der Waals surface area contributed by atoms with Crippen LogP contribution in [0.25, 0.3) is 0 Å². The Kier molecular flexibility index (Phi) is 4.84. The number of halogens is 2. The number of sulfonamides is 1. The summed E-state index contributed by atoms with van der Waals surface area (Å²) in [5, 5.41) is -0.0972. The molecule has 0 aliphatic carbocycles. The normalized spacial score (nSPS) is 13.3. The highest BCUT2D eigenvalue weighted by molar-refractivity contribution is 7.89. The van der Waals surface area contributed by atoms with Crippen LogP contribution in [0.2, 0.25) is 5.02 Å². The maximum absolute atomic E-state index is 13.0. The van der Waals surface area contributed by atoms with Crippen LogP contribution < -0.4 is 4.72 Å². The average Bonchev–Trinajstić information content (AvgIpc) is 2.30. The minimum absolute atomic E-state index is 0.0972. The Morgan fingerprint density at radius 3 is 2.67 bits per heavy atom. The number of rotatable bonds is 5. The van der Waals surface area contributed by atoms with Crippen molar-refractivity contribution in [1.82, 2.24) is 4.72 Å². The molecule has 18 heavy (non-hydrogen) atoms. The Morgan fingerprint density at radius 2 is 2.11 bits per heavy atom. The third-order valence-corrected chi connectivity index (χ3v) is 4.37. The van der Waals surface area contributed by atoms with Gasteiger partial charge in [-0.15, -0.1) is 0 Å². The lowest BCUT2D eigenvalue weighted by atomic mass is 10.2. The Morgan fingerprint density at radius 1 is 1.50 bits per heavy atom. The van der Waals surface area contributed by atoms with Crippen molar-refractivity contribution in [3.63, 3.8) is 0 Å². The van der Waals surface area contributed by atoms with Crippen LogP contribution in [0.3, 0.4) is 0 Å². The van der Waals surface area contributed by atoms with Gasteiger partial charge in [0.15, 0.2) is 0 Å². The lowest BCUT2D eigenvalue weighted by molar-refractivity contribution is -0.119. The molecule has 100 valence electrons. The number of nitrogens with one attached hydrogen (secondary N) is 1. The van der Waals surface area contributed by atoms with Gasteiger partial charge in [-0.3, -0.25) is 4.79 Å². The standard InChI is InChI=1S/C11H13ClFNO3S/c1-3-10(15)7(2)14-18(16,17)11-6-8(13)4-5-9(11)12/h4-7,14H,3H2,1-2H3. The summed E-state index contributed by atoms with van der Waals surface area (Å²) < 4.78 is 39.0. The largest absolute Gasteiger partial charge is 0.298 e. The van der Waals surface area contributed by atoms with Crippen molar-refractivity contribution in [1.29, 1.82) is 0 Å². The second-order valence-electron chi connectivity index (χ2n) is 3.74. The van der Waals surface area contributed by atoms with Gasteiger partial charge in [-0.05, 0) is 25.1 Å². The summed E-state index contributed by atoms with van der Waals surface area (Å²) in [7, 11) is -4.01. The van der Waals surface area contributed by atoms with E-state index in [1.807, 2.05) is 0 Å². The minimum Gasteiger partial charge on any atom is -0.298 e. The zero-order valence-electron chi connectivity index (χ0n) is 9.91. The summed E-state index contributed by atoms with van der Waals surface area (Å²) >= 11 is 5.71. The molecule has 0 saturated carbocycles. The Labute approximate surface area is 110 Å². The fourth-order valence-corrected chi connectivity index (χ4v) is 3.09. The zero-order valence-corrected chi connectivity index (χ0v) is 11.5. The number of benzene rings is 1. The van der Waals surface area contributed by atoms with Crippen LogP contribution in [-0.2, 0) is 14.8 Å². The van der Waals surface area contributed by atoms with E-state index in [-0.39, 0.29) is 22.1 Å². The van der Waals surface area contributed by atoms with Gasteiger partial charge >= 0.3 is 0 Å². The average molecular weight is 294 g/mol. The fraction of sp³-hybridized carbons (Fsp3) is 0.364. The number of carbonyl (C=O) groups excluding carboxylic acids is 1. The van der Waals surface area contributed by atoms with E-state index in [2.05, 4.69) is 4.72 Å². The van der Waals surface area contributed by atoms with E-state index in [4.69, 9.17) is 11.6 Å². The molecule has 0 aromatic heterocycles. The highest BCUT2D eigenvalue weighted by Gasteiger charge is 2.23. The summed E-state index contributed by atoms with van der Waals surface area (Å²) in [6.07, 6.45) is 0.209. The molecule has 0 fully saturated rings. The summed E-state index contributed by atoms with van der Waals surface area (Å²) in [5.41, 5.74) is 0. The third kappa shape index (κ3) is 3.51. The molecule has 1 rings (SSSR count). The van der Waals surface area contributed by atoms with E-state index in [0.29, 0.717) is 0 Å². The molecule has 0 aliphatic heterocycles. The number of hydrogen-bond acceptors (Lipinski definition) is 3. The molecule has 0 radical (unpaired) electrons. The Balaban J connectivity index is 3.07. The quantitative estimate of drug-likeness (QED) is 0.904. The Bertz CT molecular complexity index is 559. The Hall–Kier alpha value is -0.980. The van der Waals surface area contributed by atoms with Crippen LogP contribution in [0.1, 0.15) is 20.3 Å². The van der Waals surface area contributed by atoms with E-state index in [1.165, 1.54) is 6.92 Å². The van der Waals surface area contributed by atoms with Gasteiger partial charge in [-0.1, -0.05) is 18.5 Å². The first kappa shape index (κ1) is 15.1. The molecule has 1 unspecified atom stereocenters. The van der Waals surface area contributed by atoms with Gasteiger partial charge in [0.2, 0.25) is 10.0 Å². The number of Topliss-reactive ketones (excluding diaryl/α,β-unsaturated/α-hetero) is 1. The first-order valence-corrected chi connectivity index (χ1v) is 7.14. The minimum atomic E-state index is -4.01. The van der Waals surface area contributed by atoms with Gasteiger partial charge in [0.25, 0.3) is 0 Å². The van der Waals surface area contributed by atoms with Crippen molar-refractivity contribution in [2.24, 2.45) is 0 Å². The van der Waals surface area contributed by atoms with Crippen LogP contribution in [-0.4, -0.2) is 20.2 Å². The van der Waals surface area contributed by atoms with E-state index in [0.717, 1.165) is 18.2 Å². The van der Waals surface area contributed by atoms with Crippen LogP contribution >= 0.6 is 11.6 Å². The van der Waals surface area contributed by atoms with Gasteiger partial charge in [-0.25, -0.2) is 17.5 Å². The van der Waals surface area contributed by atoms with E-state index in [1.54, 1.807) is 6.92 Å². The van der Waals surface area contributed by atoms with Gasteiger partial charge in [-0.2, -0.15) is 0 Å². The molecule has 0 aliphatic rings. The van der Waals surface area contributed by atoms with E-state index >= 15 is 0 Å². The lowest BCUT2D eigenvalue weighted by Crippen LogP contribution is -2.38. The fourth-order valence-electron chi connectivity index (χ4n) is 1.35.